The number of rotatable bonds is 6. The summed E-state index contributed by atoms with van der Waals surface area (Å²) < 4.78 is 6.19. The topological polar surface area (TPSA) is 67.4 Å². The van der Waals surface area contributed by atoms with E-state index in [9.17, 15) is 9.59 Å². The first kappa shape index (κ1) is 18.0. The molecule has 0 aliphatic heterocycles. The molecule has 2 aromatic carbocycles. The zero-order chi connectivity index (χ0) is 17.4. The molecule has 2 rings (SSSR count). The van der Waals surface area contributed by atoms with Crippen LogP contribution in [0, 0.1) is 0 Å². The lowest BCUT2D eigenvalue weighted by Gasteiger charge is -2.12. The summed E-state index contributed by atoms with van der Waals surface area (Å²) in [5.74, 6) is -0.204. The van der Waals surface area contributed by atoms with Gasteiger partial charge in [-0.1, -0.05) is 46.3 Å². The molecule has 2 amide bonds. The summed E-state index contributed by atoms with van der Waals surface area (Å²) in [5, 5.41) is 0. The van der Waals surface area contributed by atoms with Crippen molar-refractivity contribution in [1.29, 1.82) is 0 Å². The van der Waals surface area contributed by atoms with Crippen molar-refractivity contribution in [2.24, 2.45) is 0 Å². The first-order chi connectivity index (χ1) is 11.6. The van der Waals surface area contributed by atoms with Crippen molar-refractivity contribution in [1.82, 2.24) is 10.9 Å². The van der Waals surface area contributed by atoms with E-state index in [1.807, 2.05) is 37.3 Å². The zero-order valence-corrected chi connectivity index (χ0v) is 14.9. The highest BCUT2D eigenvalue weighted by molar-refractivity contribution is 9.10. The SMILES string of the molecule is CCOc1ccc(Br)cc1C(=O)NNC(=O)CCc1ccccc1. The van der Waals surface area contributed by atoms with Crippen LogP contribution in [0.4, 0.5) is 0 Å². The molecule has 0 saturated carbocycles. The number of nitrogens with one attached hydrogen (secondary N) is 2. The van der Waals surface area contributed by atoms with Gasteiger partial charge in [0.1, 0.15) is 5.75 Å². The Labute approximate surface area is 149 Å². The van der Waals surface area contributed by atoms with Crippen LogP contribution in [0.25, 0.3) is 0 Å². The van der Waals surface area contributed by atoms with Crippen LogP contribution in [0.2, 0.25) is 0 Å². The van der Waals surface area contributed by atoms with Crippen molar-refractivity contribution >= 4 is 27.7 Å². The fourth-order valence-corrected chi connectivity index (χ4v) is 2.48. The maximum Gasteiger partial charge on any atom is 0.273 e. The maximum atomic E-state index is 12.2. The van der Waals surface area contributed by atoms with Crippen LogP contribution in [0.1, 0.15) is 29.3 Å². The van der Waals surface area contributed by atoms with Crippen molar-refractivity contribution < 1.29 is 14.3 Å². The normalized spacial score (nSPS) is 10.1. The molecule has 6 heteroatoms. The van der Waals surface area contributed by atoms with Gasteiger partial charge in [0.25, 0.3) is 5.91 Å². The monoisotopic (exact) mass is 390 g/mol. The van der Waals surface area contributed by atoms with E-state index in [1.54, 1.807) is 18.2 Å². The zero-order valence-electron chi connectivity index (χ0n) is 13.3. The average Bonchev–Trinajstić information content (AvgIpc) is 2.60. The molecule has 0 aliphatic rings. The maximum absolute atomic E-state index is 12.2. The second-order valence-electron chi connectivity index (χ2n) is 5.06. The molecule has 0 fully saturated rings. The molecule has 0 atom stereocenters. The van der Waals surface area contributed by atoms with Gasteiger partial charge in [-0.15, -0.1) is 0 Å². The number of carbonyl (C=O) groups is 2. The molecular formula is C18H19BrN2O3. The summed E-state index contributed by atoms with van der Waals surface area (Å²) in [6, 6.07) is 14.9. The molecule has 5 nitrogen and oxygen atoms in total. The molecule has 0 saturated heterocycles. The summed E-state index contributed by atoms with van der Waals surface area (Å²) >= 11 is 3.32. The largest absolute Gasteiger partial charge is 0.493 e. The molecule has 0 aliphatic carbocycles. The number of hydrogen-bond acceptors (Lipinski definition) is 3. The van der Waals surface area contributed by atoms with Crippen molar-refractivity contribution in [2.75, 3.05) is 6.61 Å². The number of hydrogen-bond donors (Lipinski definition) is 2. The molecule has 0 heterocycles. The summed E-state index contributed by atoms with van der Waals surface area (Å²) in [6.45, 7) is 2.29. The van der Waals surface area contributed by atoms with Gasteiger partial charge in [0.15, 0.2) is 0 Å². The molecule has 0 unspecified atom stereocenters. The Bertz CT molecular complexity index is 705. The third-order valence-electron chi connectivity index (χ3n) is 3.29. The smallest absolute Gasteiger partial charge is 0.273 e. The van der Waals surface area contributed by atoms with Crippen LogP contribution in [0.15, 0.2) is 53.0 Å². The van der Waals surface area contributed by atoms with Gasteiger partial charge in [-0.2, -0.15) is 0 Å². The summed E-state index contributed by atoms with van der Waals surface area (Å²) in [6.07, 6.45) is 0.907. The minimum absolute atomic E-state index is 0.250. The Morgan fingerprint density at radius 3 is 2.54 bits per heavy atom. The molecule has 0 aromatic heterocycles. The number of halogens is 1. The number of ether oxygens (including phenoxy) is 1. The molecule has 126 valence electrons. The highest BCUT2D eigenvalue weighted by atomic mass is 79.9. The standard InChI is InChI=1S/C18H19BrN2O3/c1-2-24-16-10-9-14(19)12-15(16)18(23)21-20-17(22)11-8-13-6-4-3-5-7-13/h3-7,9-10,12H,2,8,11H2,1H3,(H,20,22)(H,21,23). The van der Waals surface area contributed by atoms with Crippen LogP contribution < -0.4 is 15.6 Å². The summed E-state index contributed by atoms with van der Waals surface area (Å²) in [4.78, 5) is 24.1. The Morgan fingerprint density at radius 1 is 1.08 bits per heavy atom. The lowest BCUT2D eigenvalue weighted by Crippen LogP contribution is -2.41. The van der Waals surface area contributed by atoms with Gasteiger partial charge in [-0.25, -0.2) is 0 Å². The molecule has 2 aromatic rings. The lowest BCUT2D eigenvalue weighted by atomic mass is 10.1. The first-order valence-corrected chi connectivity index (χ1v) is 8.45. The third kappa shape index (κ3) is 5.38. The number of carbonyl (C=O) groups excluding carboxylic acids is 2. The average molecular weight is 391 g/mol. The molecule has 24 heavy (non-hydrogen) atoms. The van der Waals surface area contributed by atoms with Gasteiger partial charge >= 0.3 is 0 Å². The third-order valence-corrected chi connectivity index (χ3v) is 3.78. The van der Waals surface area contributed by atoms with Crippen molar-refractivity contribution in [3.05, 3.63) is 64.1 Å². The molecule has 0 spiro atoms. The second kappa shape index (κ2) is 9.08. The quantitative estimate of drug-likeness (QED) is 0.743. The van der Waals surface area contributed by atoms with Crippen molar-refractivity contribution in [3.63, 3.8) is 0 Å². The van der Waals surface area contributed by atoms with E-state index in [4.69, 9.17) is 4.74 Å². The van der Waals surface area contributed by atoms with Crippen LogP contribution in [-0.4, -0.2) is 18.4 Å². The molecular weight excluding hydrogens is 372 g/mol. The van der Waals surface area contributed by atoms with E-state index in [0.29, 0.717) is 30.8 Å². The highest BCUT2D eigenvalue weighted by Gasteiger charge is 2.14. The van der Waals surface area contributed by atoms with Crippen molar-refractivity contribution in [2.45, 2.75) is 19.8 Å². The fraction of sp³-hybridized carbons (Fsp3) is 0.222. The molecule has 0 radical (unpaired) electrons. The van der Waals surface area contributed by atoms with E-state index >= 15 is 0 Å². The summed E-state index contributed by atoms with van der Waals surface area (Å²) in [7, 11) is 0. The lowest BCUT2D eigenvalue weighted by molar-refractivity contribution is -0.121. The van der Waals surface area contributed by atoms with Crippen LogP contribution >= 0.6 is 15.9 Å². The predicted molar refractivity (Wildman–Crippen MR) is 95.7 cm³/mol. The Kier molecular flexibility index (Phi) is 6.81. The number of benzene rings is 2. The van der Waals surface area contributed by atoms with Gasteiger partial charge in [0.2, 0.25) is 5.91 Å². The van der Waals surface area contributed by atoms with Gasteiger partial charge in [0, 0.05) is 10.9 Å². The summed E-state index contributed by atoms with van der Waals surface area (Å²) in [5.41, 5.74) is 6.28. The van der Waals surface area contributed by atoms with Gasteiger partial charge < -0.3 is 4.74 Å². The van der Waals surface area contributed by atoms with E-state index < -0.39 is 5.91 Å². The van der Waals surface area contributed by atoms with E-state index in [0.717, 1.165) is 10.0 Å². The highest BCUT2D eigenvalue weighted by Crippen LogP contribution is 2.23. The van der Waals surface area contributed by atoms with E-state index in [1.165, 1.54) is 0 Å². The second-order valence-corrected chi connectivity index (χ2v) is 5.98. The van der Waals surface area contributed by atoms with Crippen LogP contribution in [-0.2, 0) is 11.2 Å². The minimum atomic E-state index is -0.423. The van der Waals surface area contributed by atoms with Crippen molar-refractivity contribution in [3.8, 4) is 5.75 Å². The van der Waals surface area contributed by atoms with Gasteiger partial charge in [-0.3, -0.25) is 20.4 Å². The Balaban J connectivity index is 1.88. The molecule has 2 N–H and O–H groups in total. The molecule has 0 bridgehead atoms. The fourth-order valence-electron chi connectivity index (χ4n) is 2.12. The Hall–Kier alpha value is -2.34. The number of aryl methyl sites for hydroxylation is 1. The van der Waals surface area contributed by atoms with E-state index in [2.05, 4.69) is 26.8 Å². The minimum Gasteiger partial charge on any atom is -0.493 e. The number of amides is 2. The van der Waals surface area contributed by atoms with E-state index in [-0.39, 0.29) is 5.91 Å². The predicted octanol–water partition coefficient (Wildman–Crippen LogP) is 3.24. The number of hydrazine groups is 1. The van der Waals surface area contributed by atoms with Crippen LogP contribution in [0.5, 0.6) is 5.75 Å². The first-order valence-electron chi connectivity index (χ1n) is 7.65. The Morgan fingerprint density at radius 2 is 1.83 bits per heavy atom. The van der Waals surface area contributed by atoms with Gasteiger partial charge in [0.05, 0.1) is 12.2 Å². The van der Waals surface area contributed by atoms with Crippen LogP contribution in [0.3, 0.4) is 0 Å². The van der Waals surface area contributed by atoms with Gasteiger partial charge in [-0.05, 0) is 37.1 Å².